The van der Waals surface area contributed by atoms with E-state index >= 15 is 0 Å². The van der Waals surface area contributed by atoms with Gasteiger partial charge in [0.1, 0.15) is 18.0 Å². The molecule has 0 aromatic heterocycles. The van der Waals surface area contributed by atoms with Gasteiger partial charge in [-0.05, 0) is 32.9 Å². The zero-order valence-corrected chi connectivity index (χ0v) is 17.2. The third-order valence-electron chi connectivity index (χ3n) is 5.44. The summed E-state index contributed by atoms with van der Waals surface area (Å²) in [4.78, 5) is 12.3. The number of hydrogen-bond acceptors (Lipinski definition) is 9. The average molecular weight is 412 g/mol. The van der Waals surface area contributed by atoms with Crippen LogP contribution in [-0.4, -0.2) is 74.2 Å². The predicted octanol–water partition coefficient (Wildman–Crippen LogP) is 1.22. The summed E-state index contributed by atoms with van der Waals surface area (Å²) in [5, 5.41) is 10.4. The van der Waals surface area contributed by atoms with Crippen molar-refractivity contribution >= 4 is 5.97 Å². The Morgan fingerprint density at radius 1 is 1.07 bits per heavy atom. The maximum Gasteiger partial charge on any atom is 0.344 e. The van der Waals surface area contributed by atoms with Crippen molar-refractivity contribution in [3.63, 3.8) is 0 Å². The molecule has 29 heavy (non-hydrogen) atoms. The van der Waals surface area contributed by atoms with Crippen molar-refractivity contribution in [3.8, 4) is 5.75 Å². The normalized spacial score (nSPS) is 39.4. The quantitative estimate of drug-likeness (QED) is 0.691. The minimum absolute atomic E-state index is 0.335. The standard InChI is InChI=1S/C20H28O9/c1-12-15-16(29-20(3,24-5)19(2,23-4)28-15)17(18(22)26-12)27-14(21)11-25-13-9-7-6-8-10-13/h6-10,12,15-18,22H,11H2,1-5H3/t12-,15-,16+,17+,18+,19+,20+/m0/s1. The van der Waals surface area contributed by atoms with Crippen LogP contribution < -0.4 is 4.74 Å². The SMILES string of the molecule is CO[C@]1(C)O[C@@H]2[C@@H](O[C@@]1(C)OC)[C@H](C)O[C@@H](O)[C@@H]2OC(=O)COc1ccccc1. The second kappa shape index (κ2) is 8.55. The van der Waals surface area contributed by atoms with E-state index in [2.05, 4.69) is 0 Å². The number of esters is 1. The summed E-state index contributed by atoms with van der Waals surface area (Å²) in [7, 11) is 2.93. The molecular formula is C20H28O9. The lowest BCUT2D eigenvalue weighted by Crippen LogP contribution is -2.72. The van der Waals surface area contributed by atoms with Gasteiger partial charge in [-0.2, -0.15) is 0 Å². The predicted molar refractivity (Wildman–Crippen MR) is 98.9 cm³/mol. The summed E-state index contributed by atoms with van der Waals surface area (Å²) in [6.45, 7) is 4.72. The minimum Gasteiger partial charge on any atom is -0.482 e. The monoisotopic (exact) mass is 412 g/mol. The number of hydrogen-bond donors (Lipinski definition) is 1. The van der Waals surface area contributed by atoms with Crippen molar-refractivity contribution in [2.45, 2.75) is 63.1 Å². The fourth-order valence-electron chi connectivity index (χ4n) is 3.46. The third-order valence-corrected chi connectivity index (χ3v) is 5.44. The van der Waals surface area contributed by atoms with Crippen molar-refractivity contribution in [1.82, 2.24) is 0 Å². The van der Waals surface area contributed by atoms with Gasteiger partial charge in [0, 0.05) is 14.2 Å². The molecule has 0 unspecified atom stereocenters. The molecule has 0 spiro atoms. The number of para-hydroxylation sites is 1. The number of carbonyl (C=O) groups is 1. The van der Waals surface area contributed by atoms with Crippen molar-refractivity contribution < 1.29 is 43.1 Å². The second-order valence-electron chi connectivity index (χ2n) is 7.25. The largest absolute Gasteiger partial charge is 0.482 e. The first-order valence-electron chi connectivity index (χ1n) is 9.40. The zero-order chi connectivity index (χ0) is 21.2. The summed E-state index contributed by atoms with van der Waals surface area (Å²) in [6.07, 6.45) is -4.59. The van der Waals surface area contributed by atoms with E-state index in [1.807, 2.05) is 6.07 Å². The molecule has 2 saturated heterocycles. The fraction of sp³-hybridized carbons (Fsp3) is 0.650. The van der Waals surface area contributed by atoms with Crippen LogP contribution in [-0.2, 0) is 33.2 Å². The Hall–Kier alpha value is -1.75. The highest BCUT2D eigenvalue weighted by Crippen LogP contribution is 2.43. The Labute approximate surface area is 169 Å². The topological polar surface area (TPSA) is 102 Å². The van der Waals surface area contributed by atoms with Crippen LogP contribution in [0.3, 0.4) is 0 Å². The lowest BCUT2D eigenvalue weighted by Gasteiger charge is -2.56. The Bertz CT molecular complexity index is 698. The molecule has 0 radical (unpaired) electrons. The van der Waals surface area contributed by atoms with Gasteiger partial charge in [0.2, 0.25) is 11.6 Å². The minimum atomic E-state index is -1.40. The molecule has 1 N–H and O–H groups in total. The van der Waals surface area contributed by atoms with E-state index in [0.29, 0.717) is 5.75 Å². The fourth-order valence-corrected chi connectivity index (χ4v) is 3.46. The first-order valence-corrected chi connectivity index (χ1v) is 9.40. The number of carbonyl (C=O) groups excluding carboxylic acids is 1. The maximum absolute atomic E-state index is 12.3. The summed E-state index contributed by atoms with van der Waals surface area (Å²) >= 11 is 0. The van der Waals surface area contributed by atoms with Gasteiger partial charge in [0.05, 0.1) is 6.10 Å². The van der Waals surface area contributed by atoms with Gasteiger partial charge in [-0.25, -0.2) is 4.79 Å². The molecule has 162 valence electrons. The Balaban J connectivity index is 1.73. The summed E-state index contributed by atoms with van der Waals surface area (Å²) in [5.41, 5.74) is 0. The first kappa shape index (κ1) is 21.9. The van der Waals surface area contributed by atoms with Crippen LogP contribution in [0, 0.1) is 0 Å². The number of aliphatic hydroxyl groups excluding tert-OH is 1. The molecule has 1 aromatic carbocycles. The molecule has 9 heteroatoms. The van der Waals surface area contributed by atoms with Crippen LogP contribution in [0.2, 0.25) is 0 Å². The molecule has 7 atom stereocenters. The zero-order valence-electron chi connectivity index (χ0n) is 17.2. The second-order valence-corrected chi connectivity index (χ2v) is 7.25. The van der Waals surface area contributed by atoms with E-state index in [1.54, 1.807) is 45.0 Å². The molecule has 0 bridgehead atoms. The molecule has 2 heterocycles. The molecular weight excluding hydrogens is 384 g/mol. The van der Waals surface area contributed by atoms with Crippen LogP contribution in [0.4, 0.5) is 0 Å². The molecule has 0 amide bonds. The number of benzene rings is 1. The molecule has 0 aliphatic carbocycles. The van der Waals surface area contributed by atoms with E-state index in [1.165, 1.54) is 14.2 Å². The van der Waals surface area contributed by atoms with Crippen molar-refractivity contribution in [2.75, 3.05) is 20.8 Å². The van der Waals surface area contributed by atoms with Crippen LogP contribution in [0.1, 0.15) is 20.8 Å². The number of rotatable bonds is 6. The lowest BCUT2D eigenvalue weighted by atomic mass is 9.94. The Morgan fingerprint density at radius 2 is 1.66 bits per heavy atom. The van der Waals surface area contributed by atoms with Crippen LogP contribution in [0.5, 0.6) is 5.75 Å². The van der Waals surface area contributed by atoms with E-state index in [9.17, 15) is 9.90 Å². The highest BCUT2D eigenvalue weighted by Gasteiger charge is 2.62. The van der Waals surface area contributed by atoms with Gasteiger partial charge in [-0.15, -0.1) is 0 Å². The lowest BCUT2D eigenvalue weighted by molar-refractivity contribution is -0.476. The average Bonchev–Trinajstić information content (AvgIpc) is 2.72. The molecule has 2 aliphatic heterocycles. The van der Waals surface area contributed by atoms with E-state index < -0.39 is 48.2 Å². The van der Waals surface area contributed by atoms with Gasteiger partial charge >= 0.3 is 5.97 Å². The summed E-state index contributed by atoms with van der Waals surface area (Å²) in [5.74, 6) is -2.72. The van der Waals surface area contributed by atoms with Crippen molar-refractivity contribution in [3.05, 3.63) is 30.3 Å². The third kappa shape index (κ3) is 4.25. The van der Waals surface area contributed by atoms with Crippen molar-refractivity contribution in [2.24, 2.45) is 0 Å². The van der Waals surface area contributed by atoms with Crippen LogP contribution >= 0.6 is 0 Å². The van der Waals surface area contributed by atoms with Gasteiger partial charge in [-0.1, -0.05) is 18.2 Å². The van der Waals surface area contributed by atoms with E-state index in [-0.39, 0.29) is 6.61 Å². The van der Waals surface area contributed by atoms with Gasteiger partial charge < -0.3 is 38.3 Å². The number of ether oxygens (including phenoxy) is 7. The van der Waals surface area contributed by atoms with Gasteiger partial charge in [0.25, 0.3) is 0 Å². The number of fused-ring (bicyclic) bond motifs is 1. The molecule has 2 fully saturated rings. The first-order chi connectivity index (χ1) is 13.7. The summed E-state index contributed by atoms with van der Waals surface area (Å²) < 4.78 is 39.6. The Morgan fingerprint density at radius 3 is 2.24 bits per heavy atom. The molecule has 3 rings (SSSR count). The highest BCUT2D eigenvalue weighted by atomic mass is 16.8. The number of aliphatic hydroxyl groups is 1. The van der Waals surface area contributed by atoms with Crippen LogP contribution in [0.15, 0.2) is 30.3 Å². The molecule has 0 saturated carbocycles. The smallest absolute Gasteiger partial charge is 0.344 e. The van der Waals surface area contributed by atoms with E-state index in [0.717, 1.165) is 0 Å². The molecule has 1 aromatic rings. The highest BCUT2D eigenvalue weighted by molar-refractivity contribution is 5.71. The van der Waals surface area contributed by atoms with Gasteiger partial charge in [-0.3, -0.25) is 0 Å². The summed E-state index contributed by atoms with van der Waals surface area (Å²) in [6, 6.07) is 8.85. The number of methoxy groups -OCH3 is 2. The van der Waals surface area contributed by atoms with Gasteiger partial charge in [0.15, 0.2) is 19.0 Å². The molecule has 9 nitrogen and oxygen atoms in total. The van der Waals surface area contributed by atoms with E-state index in [4.69, 9.17) is 33.2 Å². The Kier molecular flexibility index (Phi) is 6.47. The maximum atomic E-state index is 12.3. The van der Waals surface area contributed by atoms with Crippen molar-refractivity contribution in [1.29, 1.82) is 0 Å². The molecule has 2 aliphatic rings. The van der Waals surface area contributed by atoms with Crippen LogP contribution in [0.25, 0.3) is 0 Å².